The van der Waals surface area contributed by atoms with Gasteiger partial charge >= 0.3 is 12.0 Å². The molecule has 2 rings (SSSR count). The van der Waals surface area contributed by atoms with Crippen LogP contribution in [0.4, 0.5) is 4.79 Å². The van der Waals surface area contributed by atoms with Gasteiger partial charge in [-0.3, -0.25) is 4.79 Å². The van der Waals surface area contributed by atoms with Gasteiger partial charge in [0.25, 0.3) is 0 Å². The van der Waals surface area contributed by atoms with E-state index in [1.165, 1.54) is 49.8 Å². The lowest BCUT2D eigenvalue weighted by Gasteiger charge is -2.44. The van der Waals surface area contributed by atoms with Crippen molar-refractivity contribution in [2.75, 3.05) is 39.8 Å². The van der Waals surface area contributed by atoms with E-state index in [9.17, 15) is 9.59 Å². The number of carbonyl (C=O) groups is 2. The van der Waals surface area contributed by atoms with Gasteiger partial charge in [0.05, 0.1) is 6.42 Å². The number of nitrogens with zero attached hydrogens (tertiary/aromatic N) is 2. The average Bonchev–Trinajstić information content (AvgIpc) is 2.55. The third kappa shape index (κ3) is 5.68. The topological polar surface area (TPSA) is 72.9 Å². The highest BCUT2D eigenvalue weighted by Gasteiger charge is 2.35. The van der Waals surface area contributed by atoms with Crippen LogP contribution in [0.2, 0.25) is 0 Å². The van der Waals surface area contributed by atoms with E-state index in [4.69, 9.17) is 5.11 Å². The van der Waals surface area contributed by atoms with Gasteiger partial charge in [-0.2, -0.15) is 0 Å². The van der Waals surface area contributed by atoms with E-state index in [1.54, 1.807) is 7.05 Å². The summed E-state index contributed by atoms with van der Waals surface area (Å²) in [7, 11) is 1.63. The van der Waals surface area contributed by atoms with Crippen LogP contribution in [0.3, 0.4) is 0 Å². The van der Waals surface area contributed by atoms with Crippen LogP contribution in [0.5, 0.6) is 0 Å². The molecule has 1 aliphatic heterocycles. The van der Waals surface area contributed by atoms with Crippen LogP contribution in [-0.4, -0.2) is 66.7 Å². The van der Waals surface area contributed by atoms with Gasteiger partial charge in [0.15, 0.2) is 0 Å². The van der Waals surface area contributed by atoms with E-state index in [-0.39, 0.29) is 19.0 Å². The van der Waals surface area contributed by atoms with Crippen LogP contribution < -0.4 is 5.32 Å². The highest BCUT2D eigenvalue weighted by molar-refractivity contribution is 5.74. The summed E-state index contributed by atoms with van der Waals surface area (Å²) in [5.74, 6) is -0.880. The number of aliphatic carboxylic acids is 1. The molecule has 0 atom stereocenters. The van der Waals surface area contributed by atoms with Crippen molar-refractivity contribution in [3.05, 3.63) is 0 Å². The van der Waals surface area contributed by atoms with Crippen LogP contribution in [-0.2, 0) is 4.79 Å². The summed E-state index contributed by atoms with van der Waals surface area (Å²) < 4.78 is 0. The number of piperidine rings is 1. The summed E-state index contributed by atoms with van der Waals surface area (Å²) in [5.41, 5.74) is 0.620. The summed E-state index contributed by atoms with van der Waals surface area (Å²) >= 11 is 0. The van der Waals surface area contributed by atoms with Crippen LogP contribution in [0, 0.1) is 5.41 Å². The van der Waals surface area contributed by atoms with Crippen molar-refractivity contribution in [2.24, 2.45) is 5.41 Å². The molecule has 1 saturated carbocycles. The molecule has 2 fully saturated rings. The zero-order valence-corrected chi connectivity index (χ0v) is 14.4. The Balaban J connectivity index is 1.60. The predicted molar refractivity (Wildman–Crippen MR) is 89.5 cm³/mol. The number of urea groups is 1. The Labute approximate surface area is 139 Å². The van der Waals surface area contributed by atoms with E-state index in [2.05, 4.69) is 10.2 Å². The fourth-order valence-electron chi connectivity index (χ4n) is 3.87. The molecule has 23 heavy (non-hydrogen) atoms. The molecule has 0 aromatic carbocycles. The van der Waals surface area contributed by atoms with Crippen molar-refractivity contribution in [1.29, 1.82) is 0 Å². The number of hydrogen-bond donors (Lipinski definition) is 2. The molecule has 0 bridgehead atoms. The first kappa shape index (κ1) is 18.0. The summed E-state index contributed by atoms with van der Waals surface area (Å²) in [6, 6.07) is -0.188. The zero-order valence-electron chi connectivity index (χ0n) is 14.4. The van der Waals surface area contributed by atoms with Crippen LogP contribution in [0.1, 0.15) is 51.4 Å². The second kappa shape index (κ2) is 8.52. The lowest BCUT2D eigenvalue weighted by molar-refractivity contribution is -0.137. The van der Waals surface area contributed by atoms with E-state index >= 15 is 0 Å². The molecule has 132 valence electrons. The molecule has 1 spiro atoms. The number of carboxylic acids is 1. The molecular formula is C17H31N3O3. The number of rotatable bonds is 6. The van der Waals surface area contributed by atoms with E-state index in [1.807, 2.05) is 0 Å². The van der Waals surface area contributed by atoms with Crippen LogP contribution in [0.25, 0.3) is 0 Å². The van der Waals surface area contributed by atoms with Crippen molar-refractivity contribution >= 4 is 12.0 Å². The van der Waals surface area contributed by atoms with Crippen LogP contribution in [0.15, 0.2) is 0 Å². The standard InChI is InChI=1S/C17H31N3O3/c1-19(11-5-15(21)22)16(23)18-10-14-20-12-8-17(9-13-20)6-3-2-4-7-17/h2-14H2,1H3,(H,18,23)(H,21,22). The van der Waals surface area contributed by atoms with Crippen molar-refractivity contribution < 1.29 is 14.7 Å². The SMILES string of the molecule is CN(CCC(=O)O)C(=O)NCCN1CCC2(CCCCC2)CC1. The fourth-order valence-corrected chi connectivity index (χ4v) is 3.87. The Morgan fingerprint density at radius 2 is 1.78 bits per heavy atom. The first-order valence-electron chi connectivity index (χ1n) is 8.94. The maximum atomic E-state index is 11.8. The molecule has 0 aromatic rings. The number of carbonyl (C=O) groups excluding carboxylic acids is 1. The maximum absolute atomic E-state index is 11.8. The van der Waals surface area contributed by atoms with E-state index in [0.717, 1.165) is 19.6 Å². The molecule has 1 saturated heterocycles. The quantitative estimate of drug-likeness (QED) is 0.785. The Hall–Kier alpha value is -1.30. The third-order valence-corrected chi connectivity index (χ3v) is 5.54. The second-order valence-electron chi connectivity index (χ2n) is 7.20. The minimum Gasteiger partial charge on any atom is -0.481 e. The minimum absolute atomic E-state index is 0.0157. The van der Waals surface area contributed by atoms with Gasteiger partial charge in [-0.05, 0) is 44.2 Å². The fraction of sp³-hybridized carbons (Fsp3) is 0.882. The largest absolute Gasteiger partial charge is 0.481 e. The number of nitrogens with one attached hydrogen (secondary N) is 1. The Morgan fingerprint density at radius 3 is 2.39 bits per heavy atom. The molecule has 6 heteroatoms. The first-order valence-corrected chi connectivity index (χ1v) is 8.94. The third-order valence-electron chi connectivity index (χ3n) is 5.54. The first-order chi connectivity index (χ1) is 11.0. The number of amides is 2. The monoisotopic (exact) mass is 325 g/mol. The number of hydrogen-bond acceptors (Lipinski definition) is 3. The normalized spacial score (nSPS) is 21.1. The Bertz CT molecular complexity index is 398. The van der Waals surface area contributed by atoms with Crippen molar-refractivity contribution in [3.63, 3.8) is 0 Å². The minimum atomic E-state index is -0.880. The summed E-state index contributed by atoms with van der Waals surface area (Å²) in [4.78, 5) is 26.2. The second-order valence-corrected chi connectivity index (χ2v) is 7.20. The zero-order chi connectivity index (χ0) is 16.7. The summed E-state index contributed by atoms with van der Waals surface area (Å²) in [6.07, 6.45) is 9.62. The summed E-state index contributed by atoms with van der Waals surface area (Å²) in [5, 5.41) is 11.5. The molecule has 2 N–H and O–H groups in total. The van der Waals surface area contributed by atoms with Gasteiger partial charge in [-0.15, -0.1) is 0 Å². The van der Waals surface area contributed by atoms with Gasteiger partial charge in [0.1, 0.15) is 0 Å². The molecule has 2 amide bonds. The van der Waals surface area contributed by atoms with E-state index in [0.29, 0.717) is 12.0 Å². The van der Waals surface area contributed by atoms with Gasteiger partial charge in [-0.1, -0.05) is 19.3 Å². The van der Waals surface area contributed by atoms with Crippen molar-refractivity contribution in [1.82, 2.24) is 15.1 Å². The van der Waals surface area contributed by atoms with E-state index < -0.39 is 5.97 Å². The average molecular weight is 325 g/mol. The predicted octanol–water partition coefficient (Wildman–Crippen LogP) is 2.15. The number of likely N-dealkylation sites (tertiary alicyclic amines) is 1. The van der Waals surface area contributed by atoms with Gasteiger partial charge in [-0.25, -0.2) is 4.79 Å². The van der Waals surface area contributed by atoms with Crippen molar-refractivity contribution in [2.45, 2.75) is 51.4 Å². The molecule has 2 aliphatic rings. The Kier molecular flexibility index (Phi) is 6.69. The molecule has 0 unspecified atom stereocenters. The lowest BCUT2D eigenvalue weighted by Crippen LogP contribution is -2.45. The van der Waals surface area contributed by atoms with Crippen LogP contribution >= 0.6 is 0 Å². The molecule has 0 radical (unpaired) electrons. The number of carboxylic acid groups (broad SMARTS) is 1. The molecular weight excluding hydrogens is 294 g/mol. The Morgan fingerprint density at radius 1 is 1.13 bits per heavy atom. The van der Waals surface area contributed by atoms with Gasteiger partial charge in [0.2, 0.25) is 0 Å². The lowest BCUT2D eigenvalue weighted by atomic mass is 9.68. The smallest absolute Gasteiger partial charge is 0.317 e. The van der Waals surface area contributed by atoms with Gasteiger partial charge in [0, 0.05) is 26.7 Å². The molecule has 1 heterocycles. The highest BCUT2D eigenvalue weighted by Crippen LogP contribution is 2.44. The highest BCUT2D eigenvalue weighted by atomic mass is 16.4. The maximum Gasteiger partial charge on any atom is 0.317 e. The van der Waals surface area contributed by atoms with Crippen molar-refractivity contribution in [3.8, 4) is 0 Å². The molecule has 6 nitrogen and oxygen atoms in total. The molecule has 0 aromatic heterocycles. The molecule has 1 aliphatic carbocycles. The van der Waals surface area contributed by atoms with Gasteiger partial charge < -0.3 is 20.2 Å². The summed E-state index contributed by atoms with van der Waals surface area (Å²) in [6.45, 7) is 4.04.